The van der Waals surface area contributed by atoms with Crippen LogP contribution in [0.2, 0.25) is 0 Å². The second kappa shape index (κ2) is 17.9. The fourth-order valence-electron chi connectivity index (χ4n) is 2.16. The van der Waals surface area contributed by atoms with Crippen LogP contribution in [0.5, 0.6) is 0 Å². The van der Waals surface area contributed by atoms with Gasteiger partial charge in [0.15, 0.2) is 0 Å². The number of carboxylic acid groups (broad SMARTS) is 1. The van der Waals surface area contributed by atoms with E-state index in [2.05, 4.69) is 6.92 Å². The molecule has 2 atom stereocenters. The van der Waals surface area contributed by atoms with Gasteiger partial charge in [-0.05, 0) is 32.1 Å². The average molecular weight is 363 g/mol. The van der Waals surface area contributed by atoms with Crippen molar-refractivity contribution in [3.63, 3.8) is 0 Å². The maximum atomic E-state index is 10.4. The minimum Gasteiger partial charge on any atom is -0.481 e. The molecule has 0 saturated carbocycles. The fourth-order valence-corrected chi connectivity index (χ4v) is 2.16. The van der Waals surface area contributed by atoms with Gasteiger partial charge in [-0.2, -0.15) is 0 Å². The number of aliphatic hydroxyl groups is 2. The summed E-state index contributed by atoms with van der Waals surface area (Å²) in [5.74, 6) is -0.763. The van der Waals surface area contributed by atoms with Crippen molar-refractivity contribution in [1.29, 1.82) is 0 Å². The number of hydrogen-bond acceptors (Lipinski definition) is 3. The highest BCUT2D eigenvalue weighted by atomic mass is 16.4. The average Bonchev–Trinajstić information content (AvgIpc) is 2.60. The molecular weight excluding hydrogens is 328 g/mol. The molecule has 0 aromatic carbocycles. The molecule has 0 heterocycles. The van der Waals surface area contributed by atoms with Gasteiger partial charge >= 0.3 is 5.97 Å². The topological polar surface area (TPSA) is 77.8 Å². The van der Waals surface area contributed by atoms with E-state index in [0.29, 0.717) is 19.3 Å². The lowest BCUT2D eigenvalue weighted by molar-refractivity contribution is -0.137. The minimum atomic E-state index is -0.763. The minimum absolute atomic E-state index is 0.201. The molecule has 0 bridgehead atoms. The first-order chi connectivity index (χ1) is 12.6. The number of hydrogen-bond donors (Lipinski definition) is 3. The van der Waals surface area contributed by atoms with Crippen LogP contribution < -0.4 is 0 Å². The molecule has 146 valence electrons. The number of allylic oxidation sites excluding steroid dienone is 7. The summed E-state index contributed by atoms with van der Waals surface area (Å²) in [6, 6.07) is 0. The van der Waals surface area contributed by atoms with Gasteiger partial charge in [-0.3, -0.25) is 4.79 Å². The van der Waals surface area contributed by atoms with Crippen molar-refractivity contribution >= 4 is 5.97 Å². The van der Waals surface area contributed by atoms with E-state index in [0.717, 1.165) is 25.7 Å². The molecule has 0 aliphatic heterocycles. The monoisotopic (exact) mass is 362 g/mol. The molecule has 4 heteroatoms. The van der Waals surface area contributed by atoms with Crippen molar-refractivity contribution in [1.82, 2.24) is 0 Å². The van der Waals surface area contributed by atoms with E-state index >= 15 is 0 Å². The highest BCUT2D eigenvalue weighted by Gasteiger charge is 2.00. The molecule has 0 amide bonds. The Bertz CT molecular complexity index is 486. The van der Waals surface area contributed by atoms with Crippen LogP contribution in [-0.2, 0) is 4.79 Å². The third-order valence-corrected chi connectivity index (χ3v) is 3.60. The standard InChI is InChI=1S/C22H34O4/c1-2-3-10-15-20(23)16-11-7-5-4-6-8-12-17-21(24)18-13-9-14-19-22(25)26/h3,5-8,10-12,16-17,20-21,23-24H,2,4,9,13-15,18-19H2,1H3,(H,25,26)/b7-5-,8-6-,10-3-,16-11+,17-12+/t20-,21-/m1/s1. The van der Waals surface area contributed by atoms with Crippen LogP contribution in [0.15, 0.2) is 60.8 Å². The summed E-state index contributed by atoms with van der Waals surface area (Å²) in [7, 11) is 0. The lowest BCUT2D eigenvalue weighted by atomic mass is 10.1. The van der Waals surface area contributed by atoms with Crippen molar-refractivity contribution in [2.45, 2.75) is 70.5 Å². The SMILES string of the molecule is CC/C=C\C[C@@H](O)/C=C/C=C\C/C=C\C=C\[C@@H](O)CCCCCC(=O)O. The second-order valence-corrected chi connectivity index (χ2v) is 6.10. The maximum absolute atomic E-state index is 10.4. The number of aliphatic carboxylic acids is 1. The first-order valence-electron chi connectivity index (χ1n) is 9.45. The van der Waals surface area contributed by atoms with Gasteiger partial charge in [-0.1, -0.05) is 80.5 Å². The molecule has 0 unspecified atom stereocenters. The number of carboxylic acids is 1. The van der Waals surface area contributed by atoms with Crippen LogP contribution in [0, 0.1) is 0 Å². The van der Waals surface area contributed by atoms with E-state index in [4.69, 9.17) is 5.11 Å². The lowest BCUT2D eigenvalue weighted by Gasteiger charge is -2.03. The summed E-state index contributed by atoms with van der Waals surface area (Å²) in [6.45, 7) is 2.07. The van der Waals surface area contributed by atoms with E-state index in [1.165, 1.54) is 0 Å². The first kappa shape index (κ1) is 24.1. The molecule has 0 spiro atoms. The first-order valence-corrected chi connectivity index (χ1v) is 9.45. The van der Waals surface area contributed by atoms with E-state index in [9.17, 15) is 15.0 Å². The smallest absolute Gasteiger partial charge is 0.303 e. The van der Waals surface area contributed by atoms with E-state index < -0.39 is 18.2 Å². The quantitative estimate of drug-likeness (QED) is 0.224. The predicted octanol–water partition coefficient (Wildman–Crippen LogP) is 4.71. The van der Waals surface area contributed by atoms with Crippen LogP contribution in [0.3, 0.4) is 0 Å². The van der Waals surface area contributed by atoms with Crippen molar-refractivity contribution < 1.29 is 20.1 Å². The molecule has 0 aromatic heterocycles. The van der Waals surface area contributed by atoms with Crippen molar-refractivity contribution in [3.8, 4) is 0 Å². The van der Waals surface area contributed by atoms with Crippen LogP contribution in [0.4, 0.5) is 0 Å². The van der Waals surface area contributed by atoms with Gasteiger partial charge in [0.25, 0.3) is 0 Å². The van der Waals surface area contributed by atoms with Crippen LogP contribution in [-0.4, -0.2) is 33.5 Å². The zero-order valence-corrected chi connectivity index (χ0v) is 15.8. The maximum Gasteiger partial charge on any atom is 0.303 e. The van der Waals surface area contributed by atoms with E-state index in [-0.39, 0.29) is 6.42 Å². The third-order valence-electron chi connectivity index (χ3n) is 3.60. The number of rotatable bonds is 15. The molecule has 4 nitrogen and oxygen atoms in total. The van der Waals surface area contributed by atoms with Crippen molar-refractivity contribution in [3.05, 3.63) is 60.8 Å². The zero-order chi connectivity index (χ0) is 19.5. The molecule has 0 radical (unpaired) electrons. The summed E-state index contributed by atoms with van der Waals surface area (Å²) in [5, 5.41) is 28.0. The highest BCUT2D eigenvalue weighted by Crippen LogP contribution is 2.07. The Hall–Kier alpha value is -1.91. The molecular formula is C22H34O4. The Morgan fingerprint density at radius 2 is 1.50 bits per heavy atom. The second-order valence-electron chi connectivity index (χ2n) is 6.10. The third kappa shape index (κ3) is 18.4. The summed E-state index contributed by atoms with van der Waals surface area (Å²) in [4.78, 5) is 10.4. The van der Waals surface area contributed by atoms with Gasteiger partial charge in [0.2, 0.25) is 0 Å². The fraction of sp³-hybridized carbons (Fsp3) is 0.500. The van der Waals surface area contributed by atoms with Gasteiger partial charge < -0.3 is 15.3 Å². The number of aliphatic hydroxyl groups excluding tert-OH is 2. The number of unbranched alkanes of at least 4 members (excludes halogenated alkanes) is 2. The Kier molecular flexibility index (Phi) is 16.6. The summed E-state index contributed by atoms with van der Waals surface area (Å²) in [6.07, 6.45) is 23.7. The Morgan fingerprint density at radius 3 is 2.12 bits per heavy atom. The molecule has 0 aromatic rings. The van der Waals surface area contributed by atoms with Crippen molar-refractivity contribution in [2.24, 2.45) is 0 Å². The van der Waals surface area contributed by atoms with Gasteiger partial charge in [-0.15, -0.1) is 0 Å². The van der Waals surface area contributed by atoms with Gasteiger partial charge in [0, 0.05) is 6.42 Å². The van der Waals surface area contributed by atoms with E-state index in [1.807, 2.05) is 48.6 Å². The Balaban J connectivity index is 3.76. The van der Waals surface area contributed by atoms with Crippen LogP contribution >= 0.6 is 0 Å². The van der Waals surface area contributed by atoms with Crippen molar-refractivity contribution in [2.75, 3.05) is 0 Å². The van der Waals surface area contributed by atoms with Crippen LogP contribution in [0.1, 0.15) is 58.3 Å². The Morgan fingerprint density at radius 1 is 0.846 bits per heavy atom. The highest BCUT2D eigenvalue weighted by molar-refractivity contribution is 5.66. The predicted molar refractivity (Wildman–Crippen MR) is 108 cm³/mol. The molecule has 0 aliphatic rings. The largest absolute Gasteiger partial charge is 0.481 e. The Labute approximate surface area is 157 Å². The zero-order valence-electron chi connectivity index (χ0n) is 15.8. The van der Waals surface area contributed by atoms with Gasteiger partial charge in [0.1, 0.15) is 0 Å². The molecule has 0 rings (SSSR count). The lowest BCUT2D eigenvalue weighted by Crippen LogP contribution is -2.01. The summed E-state index contributed by atoms with van der Waals surface area (Å²) in [5.41, 5.74) is 0. The normalized spacial score (nSPS) is 15.2. The van der Waals surface area contributed by atoms with Gasteiger partial charge in [0.05, 0.1) is 12.2 Å². The summed E-state index contributed by atoms with van der Waals surface area (Å²) >= 11 is 0. The molecule has 0 aliphatic carbocycles. The van der Waals surface area contributed by atoms with Crippen LogP contribution in [0.25, 0.3) is 0 Å². The summed E-state index contributed by atoms with van der Waals surface area (Å²) < 4.78 is 0. The molecule has 3 N–H and O–H groups in total. The molecule has 0 saturated heterocycles. The molecule has 0 fully saturated rings. The number of carbonyl (C=O) groups is 1. The molecule has 26 heavy (non-hydrogen) atoms. The van der Waals surface area contributed by atoms with E-state index in [1.54, 1.807) is 12.2 Å². The van der Waals surface area contributed by atoms with Gasteiger partial charge in [-0.25, -0.2) is 0 Å².